The molecular formula is C14H25NO2. The van der Waals surface area contributed by atoms with E-state index in [1.807, 2.05) is 0 Å². The summed E-state index contributed by atoms with van der Waals surface area (Å²) in [7, 11) is 0. The number of aliphatic hydroxyl groups excluding tert-OH is 1. The smallest absolute Gasteiger partial charge is 0.0501 e. The van der Waals surface area contributed by atoms with Gasteiger partial charge in [0.25, 0.3) is 0 Å². The van der Waals surface area contributed by atoms with E-state index in [1.165, 1.54) is 32.2 Å². The van der Waals surface area contributed by atoms with Crippen molar-refractivity contribution in [1.82, 2.24) is 4.90 Å². The molecule has 3 heteroatoms. The second-order valence-electron chi connectivity index (χ2n) is 6.37. The maximum absolute atomic E-state index is 9.76. The Morgan fingerprint density at radius 2 is 1.82 bits per heavy atom. The summed E-state index contributed by atoms with van der Waals surface area (Å²) in [5.74, 6) is 0.964. The number of aliphatic hydroxyl groups is 1. The molecule has 1 N–H and O–H groups in total. The van der Waals surface area contributed by atoms with E-state index >= 15 is 0 Å². The molecule has 1 saturated heterocycles. The van der Waals surface area contributed by atoms with Gasteiger partial charge >= 0.3 is 0 Å². The Balaban J connectivity index is 1.60. The van der Waals surface area contributed by atoms with Crippen LogP contribution < -0.4 is 0 Å². The van der Waals surface area contributed by atoms with Gasteiger partial charge in [0, 0.05) is 37.8 Å². The van der Waals surface area contributed by atoms with Gasteiger partial charge in [-0.15, -0.1) is 0 Å². The lowest BCUT2D eigenvalue weighted by Gasteiger charge is -2.40. The Morgan fingerprint density at radius 3 is 2.35 bits per heavy atom. The monoisotopic (exact) mass is 239 g/mol. The molecule has 0 radical (unpaired) electrons. The first-order valence-corrected chi connectivity index (χ1v) is 7.24. The summed E-state index contributed by atoms with van der Waals surface area (Å²) in [5, 5.41) is 9.76. The molecule has 17 heavy (non-hydrogen) atoms. The zero-order valence-corrected chi connectivity index (χ0v) is 10.7. The molecule has 0 spiro atoms. The van der Waals surface area contributed by atoms with E-state index in [2.05, 4.69) is 4.90 Å². The fourth-order valence-electron chi connectivity index (χ4n) is 3.02. The number of hydrogen-bond acceptors (Lipinski definition) is 3. The van der Waals surface area contributed by atoms with Gasteiger partial charge in [-0.3, -0.25) is 4.90 Å². The Bertz CT molecular complexity index is 255. The van der Waals surface area contributed by atoms with Crippen molar-refractivity contribution in [3.8, 4) is 0 Å². The van der Waals surface area contributed by atoms with Crippen LogP contribution in [0.4, 0.5) is 0 Å². The first-order valence-electron chi connectivity index (χ1n) is 7.24. The SMILES string of the molecule is OCC1(CN(CC2CC2)C2CC2)CCOCC1. The van der Waals surface area contributed by atoms with Crippen LogP contribution in [0.25, 0.3) is 0 Å². The number of nitrogens with zero attached hydrogens (tertiary/aromatic N) is 1. The quantitative estimate of drug-likeness (QED) is 0.765. The van der Waals surface area contributed by atoms with Crippen LogP contribution >= 0.6 is 0 Å². The summed E-state index contributed by atoms with van der Waals surface area (Å²) < 4.78 is 5.45. The zero-order chi connectivity index (χ0) is 11.7. The number of hydrogen-bond donors (Lipinski definition) is 1. The van der Waals surface area contributed by atoms with Crippen molar-refractivity contribution in [2.24, 2.45) is 11.3 Å². The summed E-state index contributed by atoms with van der Waals surface area (Å²) >= 11 is 0. The third-order valence-electron chi connectivity index (χ3n) is 4.68. The number of ether oxygens (including phenoxy) is 1. The van der Waals surface area contributed by atoms with E-state index in [-0.39, 0.29) is 5.41 Å². The van der Waals surface area contributed by atoms with Gasteiger partial charge in [-0.1, -0.05) is 0 Å². The van der Waals surface area contributed by atoms with E-state index in [1.54, 1.807) is 0 Å². The molecule has 98 valence electrons. The highest BCUT2D eigenvalue weighted by molar-refractivity contribution is 4.93. The van der Waals surface area contributed by atoms with Crippen LogP contribution in [-0.2, 0) is 4.74 Å². The summed E-state index contributed by atoms with van der Waals surface area (Å²) in [6.07, 6.45) is 7.70. The molecule has 0 unspecified atom stereocenters. The van der Waals surface area contributed by atoms with Crippen molar-refractivity contribution in [1.29, 1.82) is 0 Å². The predicted molar refractivity (Wildman–Crippen MR) is 66.9 cm³/mol. The van der Waals surface area contributed by atoms with Crippen molar-refractivity contribution >= 4 is 0 Å². The zero-order valence-electron chi connectivity index (χ0n) is 10.7. The molecule has 3 fully saturated rings. The van der Waals surface area contributed by atoms with E-state index in [4.69, 9.17) is 4.74 Å². The molecule has 3 aliphatic rings. The van der Waals surface area contributed by atoms with Crippen molar-refractivity contribution in [2.45, 2.75) is 44.6 Å². The fourth-order valence-corrected chi connectivity index (χ4v) is 3.02. The minimum atomic E-state index is 0.135. The topological polar surface area (TPSA) is 32.7 Å². The Morgan fingerprint density at radius 1 is 1.12 bits per heavy atom. The van der Waals surface area contributed by atoms with Gasteiger partial charge in [0.2, 0.25) is 0 Å². The van der Waals surface area contributed by atoms with Crippen molar-refractivity contribution < 1.29 is 9.84 Å². The fraction of sp³-hybridized carbons (Fsp3) is 1.00. The molecule has 0 aromatic carbocycles. The Labute approximate surface area is 104 Å². The Kier molecular flexibility index (Phi) is 3.42. The highest BCUT2D eigenvalue weighted by atomic mass is 16.5. The van der Waals surface area contributed by atoms with E-state index in [0.29, 0.717) is 6.61 Å². The van der Waals surface area contributed by atoms with Gasteiger partial charge in [-0.25, -0.2) is 0 Å². The molecule has 1 heterocycles. The maximum atomic E-state index is 9.76. The van der Waals surface area contributed by atoms with Crippen molar-refractivity contribution in [2.75, 3.05) is 32.9 Å². The van der Waals surface area contributed by atoms with Crippen LogP contribution in [0.15, 0.2) is 0 Å². The summed E-state index contributed by atoms with van der Waals surface area (Å²) in [4.78, 5) is 2.68. The van der Waals surface area contributed by atoms with E-state index < -0.39 is 0 Å². The first-order chi connectivity index (χ1) is 8.31. The standard InChI is InChI=1S/C14H25NO2/c16-11-14(5-7-17-8-6-14)10-15(13-3-4-13)9-12-1-2-12/h12-13,16H,1-11H2. The van der Waals surface area contributed by atoms with E-state index in [0.717, 1.165) is 44.6 Å². The largest absolute Gasteiger partial charge is 0.396 e. The third kappa shape index (κ3) is 3.01. The summed E-state index contributed by atoms with van der Waals surface area (Å²) in [6, 6.07) is 0.835. The average Bonchev–Trinajstić information content (AvgIpc) is 3.22. The highest BCUT2D eigenvalue weighted by Crippen LogP contribution is 2.39. The molecule has 3 rings (SSSR count). The molecule has 3 nitrogen and oxygen atoms in total. The minimum Gasteiger partial charge on any atom is -0.396 e. The van der Waals surface area contributed by atoms with Crippen LogP contribution in [0, 0.1) is 11.3 Å². The molecular weight excluding hydrogens is 214 g/mol. The number of rotatable bonds is 6. The van der Waals surface area contributed by atoms with Crippen molar-refractivity contribution in [3.63, 3.8) is 0 Å². The van der Waals surface area contributed by atoms with Crippen LogP contribution in [0.3, 0.4) is 0 Å². The van der Waals surface area contributed by atoms with Crippen LogP contribution in [0.2, 0.25) is 0 Å². The molecule has 0 aromatic heterocycles. The molecule has 0 atom stereocenters. The van der Waals surface area contributed by atoms with Crippen LogP contribution in [0.5, 0.6) is 0 Å². The highest BCUT2D eigenvalue weighted by Gasteiger charge is 2.40. The van der Waals surface area contributed by atoms with Gasteiger partial charge in [0.05, 0.1) is 6.61 Å². The van der Waals surface area contributed by atoms with Gasteiger partial charge < -0.3 is 9.84 Å². The van der Waals surface area contributed by atoms with E-state index in [9.17, 15) is 5.11 Å². The minimum absolute atomic E-state index is 0.135. The van der Waals surface area contributed by atoms with Crippen LogP contribution in [0.1, 0.15) is 38.5 Å². The van der Waals surface area contributed by atoms with Crippen molar-refractivity contribution in [3.05, 3.63) is 0 Å². The molecule has 1 aliphatic heterocycles. The van der Waals surface area contributed by atoms with Gasteiger partial charge in [0.15, 0.2) is 0 Å². The first kappa shape index (κ1) is 11.9. The molecule has 2 saturated carbocycles. The summed E-state index contributed by atoms with van der Waals surface area (Å²) in [5.41, 5.74) is 0.135. The molecule has 0 aromatic rings. The second-order valence-corrected chi connectivity index (χ2v) is 6.37. The normalized spacial score (nSPS) is 28.6. The average molecular weight is 239 g/mol. The lowest BCUT2D eigenvalue weighted by atomic mass is 9.80. The van der Waals surface area contributed by atoms with Gasteiger partial charge in [0.1, 0.15) is 0 Å². The lowest BCUT2D eigenvalue weighted by Crippen LogP contribution is -2.45. The van der Waals surface area contributed by atoms with Gasteiger partial charge in [-0.2, -0.15) is 0 Å². The lowest BCUT2D eigenvalue weighted by molar-refractivity contribution is -0.0362. The third-order valence-corrected chi connectivity index (χ3v) is 4.68. The second kappa shape index (κ2) is 4.87. The van der Waals surface area contributed by atoms with Gasteiger partial charge in [-0.05, 0) is 44.4 Å². The maximum Gasteiger partial charge on any atom is 0.0501 e. The molecule has 0 amide bonds. The molecule has 2 aliphatic carbocycles. The van der Waals surface area contributed by atoms with Crippen LogP contribution in [-0.4, -0.2) is 49.0 Å². The Hall–Kier alpha value is -0.120. The molecule has 0 bridgehead atoms. The summed E-state index contributed by atoms with van der Waals surface area (Å²) in [6.45, 7) is 4.40. The predicted octanol–water partition coefficient (Wildman–Crippen LogP) is 1.65.